The number of nitrogens with zero attached hydrogens (tertiary/aromatic N) is 2. The molecule has 2 heterocycles. The van der Waals surface area contributed by atoms with E-state index >= 15 is 0 Å². The molecule has 0 saturated heterocycles. The molecule has 0 atom stereocenters. The van der Waals surface area contributed by atoms with Crippen LogP contribution < -0.4 is 4.74 Å². The molecule has 0 radical (unpaired) electrons. The second-order valence-electron chi connectivity index (χ2n) is 6.49. The Morgan fingerprint density at radius 2 is 1.79 bits per heavy atom. The summed E-state index contributed by atoms with van der Waals surface area (Å²) in [4.78, 5) is 4.38. The van der Waals surface area contributed by atoms with Crippen molar-refractivity contribution in [2.75, 3.05) is 7.11 Å². The topological polar surface area (TPSA) is 61.2 Å². The molecule has 0 fully saturated rings. The summed E-state index contributed by atoms with van der Waals surface area (Å²) in [7, 11) is -2.52. The smallest absolute Gasteiger partial charge is 0.269 e. The van der Waals surface area contributed by atoms with Crippen LogP contribution in [0.1, 0.15) is 5.56 Å². The van der Waals surface area contributed by atoms with Gasteiger partial charge in [0.1, 0.15) is 11.6 Å². The summed E-state index contributed by atoms with van der Waals surface area (Å²) < 4.78 is 46.7. The molecule has 0 aliphatic carbocycles. The van der Waals surface area contributed by atoms with Crippen molar-refractivity contribution in [3.05, 3.63) is 77.3 Å². The fourth-order valence-corrected chi connectivity index (χ4v) is 4.75. The first-order valence-electron chi connectivity index (χ1n) is 8.64. The lowest BCUT2D eigenvalue weighted by atomic mass is 10.0. The molecule has 4 rings (SSSR count). The third-order valence-electron chi connectivity index (χ3n) is 4.64. The summed E-state index contributed by atoms with van der Waals surface area (Å²) in [5, 5.41) is 0.768. The van der Waals surface area contributed by atoms with Crippen molar-refractivity contribution in [2.24, 2.45) is 0 Å². The Kier molecular flexibility index (Phi) is 4.80. The van der Waals surface area contributed by atoms with E-state index in [4.69, 9.17) is 16.3 Å². The first-order chi connectivity index (χ1) is 13.8. The number of pyridine rings is 1. The highest BCUT2D eigenvalue weighted by molar-refractivity contribution is 7.90. The number of aryl methyl sites for hydroxylation is 1. The Morgan fingerprint density at radius 3 is 2.48 bits per heavy atom. The van der Waals surface area contributed by atoms with E-state index in [-0.39, 0.29) is 16.3 Å². The summed E-state index contributed by atoms with van der Waals surface area (Å²) in [6.07, 6.45) is 2.88. The van der Waals surface area contributed by atoms with E-state index in [0.717, 1.165) is 9.54 Å². The van der Waals surface area contributed by atoms with E-state index in [1.807, 2.05) is 6.92 Å². The van der Waals surface area contributed by atoms with Crippen LogP contribution in [0.4, 0.5) is 4.39 Å². The van der Waals surface area contributed by atoms with Crippen LogP contribution in [0.25, 0.3) is 22.2 Å². The van der Waals surface area contributed by atoms with Crippen LogP contribution in [0.5, 0.6) is 5.75 Å². The van der Waals surface area contributed by atoms with Crippen LogP contribution in [0.3, 0.4) is 0 Å². The predicted octanol–water partition coefficient (Wildman–Crippen LogP) is 5.05. The molecule has 0 spiro atoms. The van der Waals surface area contributed by atoms with E-state index in [1.54, 1.807) is 30.3 Å². The van der Waals surface area contributed by atoms with Gasteiger partial charge in [0.2, 0.25) is 0 Å². The second-order valence-corrected chi connectivity index (χ2v) is 8.71. The van der Waals surface area contributed by atoms with Gasteiger partial charge in [0, 0.05) is 35.0 Å². The Labute approximate surface area is 172 Å². The fourth-order valence-electron chi connectivity index (χ4n) is 3.19. The van der Waals surface area contributed by atoms with Crippen LogP contribution in [0, 0.1) is 12.7 Å². The summed E-state index contributed by atoms with van der Waals surface area (Å²) in [6, 6.07) is 12.1. The highest BCUT2D eigenvalue weighted by Gasteiger charge is 2.25. The molecular weight excluding hydrogens is 415 g/mol. The Hall–Kier alpha value is -2.90. The lowest BCUT2D eigenvalue weighted by Crippen LogP contribution is -2.12. The summed E-state index contributed by atoms with van der Waals surface area (Å²) in [5.74, 6) is -0.206. The van der Waals surface area contributed by atoms with E-state index in [0.29, 0.717) is 21.5 Å². The molecule has 0 N–H and O–H groups in total. The number of fused-ring (bicyclic) bond motifs is 1. The van der Waals surface area contributed by atoms with E-state index in [9.17, 15) is 12.8 Å². The van der Waals surface area contributed by atoms with Gasteiger partial charge in [-0.05, 0) is 37.3 Å². The molecule has 148 valence electrons. The van der Waals surface area contributed by atoms with Crippen molar-refractivity contribution in [1.29, 1.82) is 0 Å². The highest BCUT2D eigenvalue weighted by Crippen LogP contribution is 2.40. The molecule has 29 heavy (non-hydrogen) atoms. The zero-order chi connectivity index (χ0) is 20.8. The van der Waals surface area contributed by atoms with E-state index < -0.39 is 15.8 Å². The van der Waals surface area contributed by atoms with Gasteiger partial charge < -0.3 is 4.74 Å². The van der Waals surface area contributed by atoms with Gasteiger partial charge in [-0.15, -0.1) is 0 Å². The number of ether oxygens (including phenoxy) is 1. The summed E-state index contributed by atoms with van der Waals surface area (Å²) in [6.45, 7) is 1.88. The largest absolute Gasteiger partial charge is 0.496 e. The molecule has 0 bridgehead atoms. The zero-order valence-corrected chi connectivity index (χ0v) is 17.1. The average Bonchev–Trinajstić information content (AvgIpc) is 3.10. The van der Waals surface area contributed by atoms with Crippen LogP contribution in [-0.4, -0.2) is 24.5 Å². The van der Waals surface area contributed by atoms with Crippen molar-refractivity contribution in [3.63, 3.8) is 0 Å². The average molecular weight is 431 g/mol. The zero-order valence-electron chi connectivity index (χ0n) is 15.6. The number of benzene rings is 2. The minimum absolute atomic E-state index is 0.124. The van der Waals surface area contributed by atoms with Gasteiger partial charge >= 0.3 is 0 Å². The summed E-state index contributed by atoms with van der Waals surface area (Å²) in [5.41, 5.74) is 2.11. The van der Waals surface area contributed by atoms with Crippen LogP contribution in [0.15, 0.2) is 65.8 Å². The molecule has 0 aliphatic rings. The minimum Gasteiger partial charge on any atom is -0.496 e. The normalized spacial score (nSPS) is 11.7. The lowest BCUT2D eigenvalue weighted by Gasteiger charge is -2.08. The molecule has 0 saturated carbocycles. The van der Waals surface area contributed by atoms with Crippen molar-refractivity contribution in [3.8, 4) is 16.9 Å². The van der Waals surface area contributed by atoms with Crippen LogP contribution in [0.2, 0.25) is 5.02 Å². The predicted molar refractivity (Wildman–Crippen MR) is 110 cm³/mol. The molecule has 8 heteroatoms. The SMILES string of the molecule is COc1cc(F)ccc1-c1cn(S(=O)(=O)c2ccc(C)cc2)c2nccc(Cl)c12. The third-order valence-corrected chi connectivity index (χ3v) is 6.62. The second kappa shape index (κ2) is 7.17. The van der Waals surface area contributed by atoms with Crippen molar-refractivity contribution in [1.82, 2.24) is 8.96 Å². The fraction of sp³-hybridized carbons (Fsp3) is 0.0952. The summed E-state index contributed by atoms with van der Waals surface area (Å²) >= 11 is 6.41. The molecule has 0 unspecified atom stereocenters. The Balaban J connectivity index is 2.04. The van der Waals surface area contributed by atoms with Gasteiger partial charge in [0.15, 0.2) is 5.65 Å². The molecule has 2 aromatic heterocycles. The maximum Gasteiger partial charge on any atom is 0.269 e. The van der Waals surface area contributed by atoms with Gasteiger partial charge in [-0.25, -0.2) is 21.8 Å². The van der Waals surface area contributed by atoms with Gasteiger partial charge in [-0.3, -0.25) is 0 Å². The molecule has 5 nitrogen and oxygen atoms in total. The molecular formula is C21H16ClFN2O3S. The number of hydrogen-bond donors (Lipinski definition) is 0. The van der Waals surface area contributed by atoms with E-state index in [1.165, 1.54) is 37.7 Å². The molecule has 0 amide bonds. The van der Waals surface area contributed by atoms with Gasteiger partial charge in [0.25, 0.3) is 10.0 Å². The van der Waals surface area contributed by atoms with Crippen molar-refractivity contribution >= 4 is 32.7 Å². The van der Waals surface area contributed by atoms with Crippen molar-refractivity contribution in [2.45, 2.75) is 11.8 Å². The molecule has 4 aromatic rings. The quantitative estimate of drug-likeness (QED) is 0.454. The van der Waals surface area contributed by atoms with Gasteiger partial charge in [0.05, 0.1) is 17.0 Å². The monoisotopic (exact) mass is 430 g/mol. The Morgan fingerprint density at radius 1 is 1.07 bits per heavy atom. The van der Waals surface area contributed by atoms with Gasteiger partial charge in [-0.1, -0.05) is 29.3 Å². The molecule has 0 aliphatic heterocycles. The number of halogens is 2. The van der Waals surface area contributed by atoms with E-state index in [2.05, 4.69) is 4.98 Å². The lowest BCUT2D eigenvalue weighted by molar-refractivity contribution is 0.413. The number of hydrogen-bond acceptors (Lipinski definition) is 4. The minimum atomic E-state index is -3.93. The van der Waals surface area contributed by atoms with Crippen LogP contribution in [-0.2, 0) is 10.0 Å². The molecule has 2 aromatic carbocycles. The maximum absolute atomic E-state index is 13.7. The first-order valence-corrected chi connectivity index (χ1v) is 10.5. The van der Waals surface area contributed by atoms with Gasteiger partial charge in [-0.2, -0.15) is 0 Å². The van der Waals surface area contributed by atoms with Crippen LogP contribution >= 0.6 is 11.6 Å². The highest BCUT2D eigenvalue weighted by atomic mass is 35.5. The number of methoxy groups -OCH3 is 1. The maximum atomic E-state index is 13.7. The van der Waals surface area contributed by atoms with Crippen molar-refractivity contribution < 1.29 is 17.5 Å². The standard InChI is InChI=1S/C21H16ClFN2O3S/c1-13-3-6-15(7-4-13)29(26,27)25-12-17(20-18(22)9-10-24-21(20)25)16-8-5-14(23)11-19(16)28-2/h3-12H,1-2H3. The third kappa shape index (κ3) is 3.26. The number of aromatic nitrogens is 2. The Bertz CT molecular complexity index is 1330. The number of rotatable bonds is 4. The first kappa shape index (κ1) is 19.4.